The number of hydrogen-bond acceptors (Lipinski definition) is 3. The van der Waals surface area contributed by atoms with Gasteiger partial charge in [0.1, 0.15) is 5.54 Å². The molecule has 1 aromatic rings. The lowest BCUT2D eigenvalue weighted by Crippen LogP contribution is -2.41. The van der Waals surface area contributed by atoms with Gasteiger partial charge in [-0.1, -0.05) is 6.07 Å². The first-order chi connectivity index (χ1) is 7.27. The standard InChI is InChI=1S/C12H15N3/c1-12(10-13,15-8-4-5-9-15)11-6-2-3-7-14-11/h2-3,6-7H,4-5,8-9H2,1H3. The zero-order chi connectivity index (χ0) is 10.7. The van der Waals surface area contributed by atoms with Gasteiger partial charge < -0.3 is 0 Å². The van der Waals surface area contributed by atoms with Crippen LogP contribution in [0.15, 0.2) is 24.4 Å². The molecule has 3 nitrogen and oxygen atoms in total. The van der Waals surface area contributed by atoms with E-state index in [-0.39, 0.29) is 0 Å². The molecule has 3 heteroatoms. The van der Waals surface area contributed by atoms with Crippen molar-refractivity contribution in [3.8, 4) is 6.07 Å². The van der Waals surface area contributed by atoms with Crippen molar-refractivity contribution in [1.29, 1.82) is 5.26 Å². The second-order valence-electron chi connectivity index (χ2n) is 4.09. The van der Waals surface area contributed by atoms with E-state index in [4.69, 9.17) is 0 Å². The monoisotopic (exact) mass is 201 g/mol. The second kappa shape index (κ2) is 4.00. The summed E-state index contributed by atoms with van der Waals surface area (Å²) in [7, 11) is 0. The van der Waals surface area contributed by atoms with Gasteiger partial charge in [0.15, 0.2) is 0 Å². The van der Waals surface area contributed by atoms with Crippen molar-refractivity contribution in [3.63, 3.8) is 0 Å². The Labute approximate surface area is 90.4 Å². The quantitative estimate of drug-likeness (QED) is 0.734. The Balaban J connectivity index is 2.33. The van der Waals surface area contributed by atoms with E-state index in [0.717, 1.165) is 18.8 Å². The molecule has 1 fully saturated rings. The van der Waals surface area contributed by atoms with Crippen molar-refractivity contribution >= 4 is 0 Å². The van der Waals surface area contributed by atoms with Crippen molar-refractivity contribution in [3.05, 3.63) is 30.1 Å². The summed E-state index contributed by atoms with van der Waals surface area (Å²) in [6, 6.07) is 8.15. The van der Waals surface area contributed by atoms with Crippen LogP contribution >= 0.6 is 0 Å². The minimum atomic E-state index is -0.558. The van der Waals surface area contributed by atoms with E-state index in [1.165, 1.54) is 12.8 Å². The van der Waals surface area contributed by atoms with Crippen LogP contribution in [0.25, 0.3) is 0 Å². The fraction of sp³-hybridized carbons (Fsp3) is 0.500. The predicted octanol–water partition coefficient (Wildman–Crippen LogP) is 1.92. The Kier molecular flexibility index (Phi) is 2.70. The van der Waals surface area contributed by atoms with Crippen molar-refractivity contribution in [1.82, 2.24) is 9.88 Å². The molecule has 1 aliphatic rings. The van der Waals surface area contributed by atoms with Crippen LogP contribution in [-0.2, 0) is 5.54 Å². The third kappa shape index (κ3) is 1.73. The third-order valence-electron chi connectivity index (χ3n) is 3.12. The molecule has 1 unspecified atom stereocenters. The fourth-order valence-electron chi connectivity index (χ4n) is 2.11. The first kappa shape index (κ1) is 10.1. The largest absolute Gasteiger partial charge is 0.281 e. The van der Waals surface area contributed by atoms with Gasteiger partial charge in [0.05, 0.1) is 11.8 Å². The Morgan fingerprint density at radius 3 is 2.67 bits per heavy atom. The van der Waals surface area contributed by atoms with Gasteiger partial charge in [-0.25, -0.2) is 0 Å². The zero-order valence-corrected chi connectivity index (χ0v) is 8.98. The number of nitriles is 1. The third-order valence-corrected chi connectivity index (χ3v) is 3.12. The maximum absolute atomic E-state index is 9.37. The molecule has 1 aromatic heterocycles. The first-order valence-corrected chi connectivity index (χ1v) is 5.35. The molecule has 0 aromatic carbocycles. The lowest BCUT2D eigenvalue weighted by molar-refractivity contribution is 0.189. The van der Waals surface area contributed by atoms with Gasteiger partial charge in [0.25, 0.3) is 0 Å². The maximum atomic E-state index is 9.37. The highest BCUT2D eigenvalue weighted by Gasteiger charge is 2.36. The fourth-order valence-corrected chi connectivity index (χ4v) is 2.11. The summed E-state index contributed by atoms with van der Waals surface area (Å²) in [6.45, 7) is 3.96. The van der Waals surface area contributed by atoms with Gasteiger partial charge in [-0.15, -0.1) is 0 Å². The molecule has 2 heterocycles. The number of hydrogen-bond donors (Lipinski definition) is 0. The van der Waals surface area contributed by atoms with E-state index >= 15 is 0 Å². The molecule has 0 saturated carbocycles. The summed E-state index contributed by atoms with van der Waals surface area (Å²) in [5, 5.41) is 9.37. The summed E-state index contributed by atoms with van der Waals surface area (Å²) in [5.74, 6) is 0. The second-order valence-corrected chi connectivity index (χ2v) is 4.09. The zero-order valence-electron chi connectivity index (χ0n) is 8.98. The van der Waals surface area contributed by atoms with E-state index in [9.17, 15) is 5.26 Å². The van der Waals surface area contributed by atoms with Crippen LogP contribution in [0.1, 0.15) is 25.5 Å². The normalized spacial score (nSPS) is 20.8. The SMILES string of the molecule is CC(C#N)(c1ccccn1)N1CCCC1. The van der Waals surface area contributed by atoms with Crippen molar-refractivity contribution in [2.75, 3.05) is 13.1 Å². The molecule has 0 amide bonds. The number of likely N-dealkylation sites (tertiary alicyclic amines) is 1. The van der Waals surface area contributed by atoms with Crippen LogP contribution in [0.3, 0.4) is 0 Å². The first-order valence-electron chi connectivity index (χ1n) is 5.35. The smallest absolute Gasteiger partial charge is 0.148 e. The molecular weight excluding hydrogens is 186 g/mol. The van der Waals surface area contributed by atoms with Crippen molar-refractivity contribution in [2.45, 2.75) is 25.3 Å². The Morgan fingerprint density at radius 1 is 1.40 bits per heavy atom. The van der Waals surface area contributed by atoms with Crippen molar-refractivity contribution < 1.29 is 0 Å². The lowest BCUT2D eigenvalue weighted by atomic mass is 9.97. The number of pyridine rings is 1. The maximum Gasteiger partial charge on any atom is 0.148 e. The van der Waals surface area contributed by atoms with Crippen LogP contribution in [0.2, 0.25) is 0 Å². The van der Waals surface area contributed by atoms with Crippen LogP contribution in [0, 0.1) is 11.3 Å². The topological polar surface area (TPSA) is 39.9 Å². The summed E-state index contributed by atoms with van der Waals surface area (Å²) < 4.78 is 0. The van der Waals surface area contributed by atoms with E-state index in [1.807, 2.05) is 25.1 Å². The van der Waals surface area contributed by atoms with E-state index < -0.39 is 5.54 Å². The number of rotatable bonds is 2. The molecule has 0 bridgehead atoms. The highest BCUT2D eigenvalue weighted by Crippen LogP contribution is 2.29. The van der Waals surface area contributed by atoms with Gasteiger partial charge in [0, 0.05) is 19.3 Å². The molecule has 2 rings (SSSR count). The van der Waals surface area contributed by atoms with Crippen LogP contribution in [0.5, 0.6) is 0 Å². The minimum Gasteiger partial charge on any atom is -0.281 e. The molecule has 1 atom stereocenters. The average molecular weight is 201 g/mol. The van der Waals surface area contributed by atoms with Crippen LogP contribution in [-0.4, -0.2) is 23.0 Å². The number of aromatic nitrogens is 1. The summed E-state index contributed by atoms with van der Waals surface area (Å²) in [6.07, 6.45) is 4.12. The van der Waals surface area contributed by atoms with Crippen LogP contribution in [0.4, 0.5) is 0 Å². The van der Waals surface area contributed by atoms with Crippen molar-refractivity contribution in [2.24, 2.45) is 0 Å². The molecule has 15 heavy (non-hydrogen) atoms. The molecule has 0 radical (unpaired) electrons. The molecule has 1 aliphatic heterocycles. The Morgan fingerprint density at radius 2 is 2.13 bits per heavy atom. The molecule has 0 N–H and O–H groups in total. The minimum absolute atomic E-state index is 0.558. The van der Waals surface area contributed by atoms with Gasteiger partial charge in [-0.05, 0) is 31.9 Å². The van der Waals surface area contributed by atoms with Gasteiger partial charge in [0.2, 0.25) is 0 Å². The lowest BCUT2D eigenvalue weighted by Gasteiger charge is -2.31. The highest BCUT2D eigenvalue weighted by atomic mass is 15.2. The van der Waals surface area contributed by atoms with E-state index in [2.05, 4.69) is 16.0 Å². The average Bonchev–Trinajstić information content (AvgIpc) is 2.83. The Bertz CT molecular complexity index is 362. The summed E-state index contributed by atoms with van der Waals surface area (Å²) in [5.41, 5.74) is 0.298. The van der Waals surface area contributed by atoms with E-state index in [0.29, 0.717) is 0 Å². The predicted molar refractivity (Wildman–Crippen MR) is 58.0 cm³/mol. The summed E-state index contributed by atoms with van der Waals surface area (Å²) in [4.78, 5) is 6.52. The molecule has 78 valence electrons. The molecule has 1 saturated heterocycles. The summed E-state index contributed by atoms with van der Waals surface area (Å²) >= 11 is 0. The van der Waals surface area contributed by atoms with Gasteiger partial charge >= 0.3 is 0 Å². The molecule has 0 spiro atoms. The molecular formula is C12H15N3. The highest BCUT2D eigenvalue weighted by molar-refractivity contribution is 5.24. The molecule has 0 aliphatic carbocycles. The van der Waals surface area contributed by atoms with Crippen LogP contribution < -0.4 is 0 Å². The van der Waals surface area contributed by atoms with Gasteiger partial charge in [-0.3, -0.25) is 9.88 Å². The van der Waals surface area contributed by atoms with Gasteiger partial charge in [-0.2, -0.15) is 5.26 Å². The van der Waals surface area contributed by atoms with E-state index in [1.54, 1.807) is 6.20 Å². The number of nitrogens with zero attached hydrogens (tertiary/aromatic N) is 3. The Hall–Kier alpha value is -1.40.